The standard InChI is InChI=1S/C16H12ClF2N5OS2.C14H11ClF2N2O2S.C9H21O6P3.C2H2N3S/c17-8-1-2-9(18)13(14(8)19)7-3-11-10(21-16(26)24(11)5-7)4-12(25)22-15-23-20-6-27-15;15-7-1-2-8(16)12(13(7)17)6-3-10-9(4-11(20)21)18-14(22)19(10)5-6;1-4-7-16(10)13-17(11,8-5-2)15-18(12,14-16)9-6-3;3-2-5-4-1-6-2/h1-2,6-7H,3-5H2,(H,21,26)(H,22,23,25);1-2,6H,3-5H2,(H,18,22)(H,20,21);4-9H2,1-3H3;(H2,3,5)/q;;;+1/t7-;6-;;/m11../s1. The Morgan fingerprint density at radius 1 is 0.822 bits per heavy atom. The van der Waals surface area contributed by atoms with E-state index in [1.165, 1.54) is 40.7 Å². The van der Waals surface area contributed by atoms with Crippen LogP contribution in [-0.4, -0.2) is 75.5 Å². The zero-order valence-electron chi connectivity index (χ0n) is 38.7. The summed E-state index contributed by atoms with van der Waals surface area (Å²) in [5.74, 6) is -5.01. The summed E-state index contributed by atoms with van der Waals surface area (Å²) in [4.78, 5) is 29.0. The molecule has 3 aromatic heterocycles. The molecule has 9 rings (SSSR count). The second-order valence-corrected chi connectivity index (χ2v) is 26.5. The first-order chi connectivity index (χ1) is 34.5. The normalized spacial score (nSPS) is 22.3. The molecule has 0 aliphatic carbocycles. The van der Waals surface area contributed by atoms with Crippen molar-refractivity contribution in [1.29, 1.82) is 0 Å². The minimum atomic E-state index is -3.57. The number of fused-ring (bicyclic) bond motifs is 2. The number of carbonyl (C=O) groups excluding carboxylic acids is 1. The molecule has 32 heteroatoms. The number of carbonyl (C=O) groups is 2. The summed E-state index contributed by atoms with van der Waals surface area (Å²) in [5.41, 5.74) is 11.5. The molecule has 4 aliphatic rings. The van der Waals surface area contributed by atoms with Gasteiger partial charge in [-0.2, -0.15) is 0 Å². The van der Waals surface area contributed by atoms with Gasteiger partial charge in [0, 0.05) is 58.8 Å². The molecule has 0 radical (unpaired) electrons. The maximum Gasteiger partial charge on any atom is 0.483 e. The molecule has 7 heterocycles. The molecule has 1 saturated heterocycles. The van der Waals surface area contributed by atoms with Crippen molar-refractivity contribution < 1.29 is 58.9 Å². The second kappa shape index (κ2) is 25.3. The monoisotopic (exact) mass is 1190 g/mol. The lowest BCUT2D eigenvalue weighted by Gasteiger charge is -2.33. The van der Waals surface area contributed by atoms with E-state index in [9.17, 15) is 40.8 Å². The molecule has 1 fully saturated rings. The number of hydrogen-bond acceptors (Lipinski definition) is 17. The number of carboxylic acids is 1. The molecule has 0 bridgehead atoms. The SMILES string of the molecule is CCCP1(=O)OP(=O)(CCC)OP(=O)(CCC)O1.NC1=NN=[C+]S1.O=C(Cc1[nH]c(=S)n2c1C[C@@H](c1c(F)ccc(Cl)c1F)C2)Nc1nncs1.O=C(O)Cc1[nH]c(=S)n2c1C[C@@H](c1c(F)ccc(Cl)c1F)C2. The number of thioether (sulfide) groups is 1. The number of amidine groups is 1. The summed E-state index contributed by atoms with van der Waals surface area (Å²) >= 11 is 24.4. The van der Waals surface area contributed by atoms with Crippen LogP contribution in [-0.2, 0) is 75.0 Å². The van der Waals surface area contributed by atoms with Gasteiger partial charge in [-0.15, -0.1) is 10.2 Å². The predicted molar refractivity (Wildman–Crippen MR) is 277 cm³/mol. The second-order valence-electron chi connectivity index (χ2n) is 16.3. The van der Waals surface area contributed by atoms with E-state index in [1.54, 1.807) is 29.9 Å². The Balaban J connectivity index is 0.000000172. The van der Waals surface area contributed by atoms with Crippen molar-refractivity contribution >= 4 is 121 Å². The minimum absolute atomic E-state index is 0.0405. The lowest BCUT2D eigenvalue weighted by molar-refractivity contribution is -0.136. The number of nitrogens with two attached hydrogens (primary N) is 1. The first-order valence-electron chi connectivity index (χ1n) is 22.0. The van der Waals surface area contributed by atoms with Gasteiger partial charge in [0.05, 0.1) is 41.4 Å². The fraction of sp³-hybridized carbons (Fsp3) is 0.415. The van der Waals surface area contributed by atoms with Gasteiger partial charge in [0.15, 0.2) is 9.54 Å². The number of amides is 1. The maximum atomic E-state index is 14.4. The number of anilines is 1. The third kappa shape index (κ3) is 14.7. The number of rotatable bonds is 13. The minimum Gasteiger partial charge on any atom is -0.481 e. The average Bonchev–Trinajstić information content (AvgIpc) is 4.18. The molecular weight excluding hydrogens is 1140 g/mol. The van der Waals surface area contributed by atoms with Crippen LogP contribution in [0.15, 0.2) is 40.0 Å². The van der Waals surface area contributed by atoms with Crippen molar-refractivity contribution in [2.24, 2.45) is 15.9 Å². The number of carboxylic acid groups (broad SMARTS) is 1. The number of nitrogens with zero attached hydrogens (tertiary/aromatic N) is 6. The molecular formula is C41H46Cl2F4N10O9P3S4+. The Hall–Kier alpha value is -3.93. The quantitative estimate of drug-likeness (QED) is 0.0241. The van der Waals surface area contributed by atoms with Gasteiger partial charge in [-0.05, 0) is 80.8 Å². The smallest absolute Gasteiger partial charge is 0.481 e. The van der Waals surface area contributed by atoms with Gasteiger partial charge in [0.25, 0.3) is 11.8 Å². The number of aromatic amines is 2. The molecule has 0 saturated carbocycles. The number of benzene rings is 2. The van der Waals surface area contributed by atoms with E-state index < -0.39 is 63.9 Å². The Morgan fingerprint density at radius 2 is 1.27 bits per heavy atom. The maximum absolute atomic E-state index is 14.4. The van der Waals surface area contributed by atoms with Gasteiger partial charge < -0.3 is 35.3 Å². The molecule has 2 aromatic carbocycles. The van der Waals surface area contributed by atoms with Crippen molar-refractivity contribution in [3.05, 3.63) is 107 Å². The highest BCUT2D eigenvalue weighted by atomic mass is 35.5. The number of aliphatic carboxylic acids is 1. The summed E-state index contributed by atoms with van der Waals surface area (Å²) in [6.07, 6.45) is 2.43. The van der Waals surface area contributed by atoms with E-state index in [-0.39, 0.29) is 58.4 Å². The highest BCUT2D eigenvalue weighted by Crippen LogP contribution is 2.82. The third-order valence-electron chi connectivity index (χ3n) is 10.9. The van der Waals surface area contributed by atoms with Crippen molar-refractivity contribution in [3.8, 4) is 0 Å². The van der Waals surface area contributed by atoms with Gasteiger partial charge in [0.2, 0.25) is 16.2 Å². The van der Waals surface area contributed by atoms with Gasteiger partial charge in [-0.3, -0.25) is 23.3 Å². The van der Waals surface area contributed by atoms with Crippen molar-refractivity contribution in [2.45, 2.75) is 90.6 Å². The molecule has 4 aliphatic heterocycles. The number of halogens is 6. The van der Waals surface area contributed by atoms with E-state index in [2.05, 4.69) is 41.2 Å². The van der Waals surface area contributed by atoms with Crippen molar-refractivity contribution in [1.82, 2.24) is 29.3 Å². The third-order valence-corrected chi connectivity index (χ3v) is 22.1. The molecule has 5 aromatic rings. The van der Waals surface area contributed by atoms with Crippen LogP contribution >= 0.6 is 93.5 Å². The summed E-state index contributed by atoms with van der Waals surface area (Å²) < 4.78 is 113. The molecule has 1 amide bonds. The number of hydrogen-bond donors (Lipinski definition) is 5. The lowest BCUT2D eigenvalue weighted by atomic mass is 9.95. The van der Waals surface area contributed by atoms with Crippen molar-refractivity contribution in [3.63, 3.8) is 0 Å². The van der Waals surface area contributed by atoms with Gasteiger partial charge in [-0.25, -0.2) is 30.5 Å². The zero-order valence-corrected chi connectivity index (χ0v) is 46.2. The zero-order chi connectivity index (χ0) is 53.4. The Bertz CT molecular complexity index is 3120. The number of nitrogens with one attached hydrogen (secondary N) is 3. The highest BCUT2D eigenvalue weighted by Gasteiger charge is 2.51. The Labute approximate surface area is 443 Å². The van der Waals surface area contributed by atoms with Gasteiger partial charge in [-0.1, -0.05) is 60.4 Å². The molecule has 394 valence electrons. The van der Waals surface area contributed by atoms with E-state index in [0.717, 1.165) is 17.8 Å². The largest absolute Gasteiger partial charge is 0.483 e. The Kier molecular flexibility index (Phi) is 20.2. The molecule has 0 spiro atoms. The first kappa shape index (κ1) is 58.3. The fourth-order valence-corrected chi connectivity index (χ4v) is 19.0. The van der Waals surface area contributed by atoms with E-state index in [4.69, 9.17) is 71.4 Å². The van der Waals surface area contributed by atoms with Crippen LogP contribution in [0.4, 0.5) is 22.7 Å². The van der Waals surface area contributed by atoms with Crippen LogP contribution in [0.5, 0.6) is 0 Å². The van der Waals surface area contributed by atoms with Crippen LogP contribution in [0.2, 0.25) is 10.0 Å². The fourth-order valence-electron chi connectivity index (χ4n) is 8.05. The summed E-state index contributed by atoms with van der Waals surface area (Å²) in [7, 11) is -10.7. The topological polar surface area (TPSA) is 263 Å². The number of imidazole rings is 2. The van der Waals surface area contributed by atoms with Crippen molar-refractivity contribution in [2.75, 3.05) is 23.8 Å². The van der Waals surface area contributed by atoms with Gasteiger partial charge >= 0.3 is 34.3 Å². The first-order valence-corrected chi connectivity index (χ1v) is 30.5. The van der Waals surface area contributed by atoms with E-state index >= 15 is 0 Å². The molecule has 19 nitrogen and oxygen atoms in total. The summed E-state index contributed by atoms with van der Waals surface area (Å²) in [5, 5.41) is 26.3. The molecule has 73 heavy (non-hydrogen) atoms. The van der Waals surface area contributed by atoms with Crippen LogP contribution in [0, 0.1) is 32.8 Å². The van der Waals surface area contributed by atoms with E-state index in [1.807, 2.05) is 0 Å². The molecule has 0 unspecified atom stereocenters. The number of H-pyrrole nitrogens is 2. The highest BCUT2D eigenvalue weighted by molar-refractivity contribution is 8.25. The van der Waals surface area contributed by atoms with Crippen LogP contribution < -0.4 is 11.1 Å². The summed E-state index contributed by atoms with van der Waals surface area (Å²) in [6.45, 7) is 6.02. The van der Waals surface area contributed by atoms with Crippen LogP contribution in [0.3, 0.4) is 0 Å². The van der Waals surface area contributed by atoms with Crippen LogP contribution in [0.1, 0.15) is 85.8 Å². The van der Waals surface area contributed by atoms with Gasteiger partial charge in [0.1, 0.15) is 33.9 Å². The number of aromatic nitrogens is 6. The molecule has 2 atom stereocenters. The summed E-state index contributed by atoms with van der Waals surface area (Å²) in [6, 6.07) is 4.66. The molecule has 6 N–H and O–H groups in total. The lowest BCUT2D eigenvalue weighted by Crippen LogP contribution is -2.15. The van der Waals surface area contributed by atoms with E-state index in [0.29, 0.717) is 82.1 Å². The Morgan fingerprint density at radius 3 is 1.63 bits per heavy atom. The van der Waals surface area contributed by atoms with Crippen LogP contribution in [0.25, 0.3) is 0 Å². The predicted octanol–water partition coefficient (Wildman–Crippen LogP) is 12.0. The average molecular weight is 1190 g/mol.